The summed E-state index contributed by atoms with van der Waals surface area (Å²) >= 11 is 1.24. The Morgan fingerprint density at radius 3 is 2.64 bits per heavy atom. The molecule has 3 aromatic carbocycles. The van der Waals surface area contributed by atoms with Crippen molar-refractivity contribution in [3.05, 3.63) is 105 Å². The van der Waals surface area contributed by atoms with E-state index in [-0.39, 0.29) is 29.1 Å². The number of amides is 1. The van der Waals surface area contributed by atoms with Crippen molar-refractivity contribution in [2.75, 3.05) is 18.9 Å². The molecule has 1 aliphatic heterocycles. The molecule has 1 atom stereocenters. The van der Waals surface area contributed by atoms with Gasteiger partial charge in [-0.25, -0.2) is 4.98 Å². The number of hydrogen-bond donors (Lipinski definition) is 1. The summed E-state index contributed by atoms with van der Waals surface area (Å²) in [5.74, 6) is -0.125. The third-order valence-electron chi connectivity index (χ3n) is 6.89. The quantitative estimate of drug-likeness (QED) is 0.183. The van der Waals surface area contributed by atoms with E-state index in [9.17, 15) is 14.4 Å². The molecule has 39 heavy (non-hydrogen) atoms. The summed E-state index contributed by atoms with van der Waals surface area (Å²) in [6.07, 6.45) is 1.97. The van der Waals surface area contributed by atoms with Gasteiger partial charge in [-0.05, 0) is 56.0 Å². The van der Waals surface area contributed by atoms with Crippen molar-refractivity contribution < 1.29 is 14.3 Å². The smallest absolute Gasteiger partial charge is 0.262 e. The number of rotatable bonds is 9. The molecule has 200 valence electrons. The summed E-state index contributed by atoms with van der Waals surface area (Å²) in [6.45, 7) is 5.42. The minimum Gasteiger partial charge on any atom is -0.376 e. The summed E-state index contributed by atoms with van der Waals surface area (Å²) in [7, 11) is 0. The van der Waals surface area contributed by atoms with Gasteiger partial charge in [0.2, 0.25) is 0 Å². The monoisotopic (exact) mass is 541 g/mol. The SMILES string of the molecule is Cc1ccc(C(=O)CSc2nc3cc(C(=O)NC[C@@H]4CCCO4)ccc3c(=O)n2Cc2ccccc2)c(C)c1. The van der Waals surface area contributed by atoms with Crippen LogP contribution in [0.5, 0.6) is 0 Å². The topological polar surface area (TPSA) is 90.3 Å². The van der Waals surface area contributed by atoms with E-state index < -0.39 is 0 Å². The van der Waals surface area contributed by atoms with Gasteiger partial charge in [0, 0.05) is 24.3 Å². The second-order valence-corrected chi connectivity index (χ2v) is 10.8. The van der Waals surface area contributed by atoms with E-state index in [1.54, 1.807) is 22.8 Å². The van der Waals surface area contributed by atoms with Crippen molar-refractivity contribution >= 4 is 34.4 Å². The van der Waals surface area contributed by atoms with Crippen LogP contribution >= 0.6 is 11.8 Å². The minimum atomic E-state index is -0.234. The predicted molar refractivity (Wildman–Crippen MR) is 154 cm³/mol. The van der Waals surface area contributed by atoms with Crippen LogP contribution in [0, 0.1) is 13.8 Å². The van der Waals surface area contributed by atoms with Crippen molar-refractivity contribution in [3.8, 4) is 0 Å². The lowest BCUT2D eigenvalue weighted by atomic mass is 10.0. The number of nitrogens with one attached hydrogen (secondary N) is 1. The normalized spacial score (nSPS) is 15.0. The van der Waals surface area contributed by atoms with Crippen LogP contribution < -0.4 is 10.9 Å². The molecule has 8 heteroatoms. The first-order chi connectivity index (χ1) is 18.9. The van der Waals surface area contributed by atoms with Crippen molar-refractivity contribution in [3.63, 3.8) is 0 Å². The number of ether oxygens (including phenoxy) is 1. The molecule has 1 N–H and O–H groups in total. The third-order valence-corrected chi connectivity index (χ3v) is 7.87. The lowest BCUT2D eigenvalue weighted by Crippen LogP contribution is -2.31. The van der Waals surface area contributed by atoms with Gasteiger partial charge in [-0.1, -0.05) is 65.9 Å². The van der Waals surface area contributed by atoms with Gasteiger partial charge in [0.1, 0.15) is 0 Å². The Morgan fingerprint density at radius 2 is 1.90 bits per heavy atom. The third kappa shape index (κ3) is 6.29. The second kappa shape index (κ2) is 12.0. The van der Waals surface area contributed by atoms with Crippen molar-refractivity contribution in [1.29, 1.82) is 0 Å². The highest BCUT2D eigenvalue weighted by molar-refractivity contribution is 7.99. The molecule has 1 amide bonds. The van der Waals surface area contributed by atoms with E-state index in [0.717, 1.165) is 36.1 Å². The molecule has 1 aliphatic rings. The molecule has 0 spiro atoms. The number of carbonyl (C=O) groups excluding carboxylic acids is 2. The number of Topliss-reactive ketones (excluding diaryl/α,β-unsaturated/α-hetero) is 1. The van der Waals surface area contributed by atoms with E-state index in [2.05, 4.69) is 5.32 Å². The summed E-state index contributed by atoms with van der Waals surface area (Å²) < 4.78 is 7.20. The summed E-state index contributed by atoms with van der Waals surface area (Å²) in [5.41, 5.74) is 4.28. The van der Waals surface area contributed by atoms with Crippen LogP contribution in [0.15, 0.2) is 76.7 Å². The maximum absolute atomic E-state index is 13.6. The maximum Gasteiger partial charge on any atom is 0.262 e. The molecular weight excluding hydrogens is 510 g/mol. The van der Waals surface area contributed by atoms with Crippen molar-refractivity contribution in [1.82, 2.24) is 14.9 Å². The highest BCUT2D eigenvalue weighted by Gasteiger charge is 2.19. The zero-order chi connectivity index (χ0) is 27.4. The molecule has 0 aliphatic carbocycles. The summed E-state index contributed by atoms with van der Waals surface area (Å²) in [5, 5.41) is 3.78. The van der Waals surface area contributed by atoms with Gasteiger partial charge < -0.3 is 10.1 Å². The molecule has 0 unspecified atom stereocenters. The van der Waals surface area contributed by atoms with E-state index in [4.69, 9.17) is 9.72 Å². The van der Waals surface area contributed by atoms with Crippen LogP contribution in [0.3, 0.4) is 0 Å². The van der Waals surface area contributed by atoms with E-state index >= 15 is 0 Å². The van der Waals surface area contributed by atoms with Gasteiger partial charge >= 0.3 is 0 Å². The molecule has 0 saturated carbocycles. The summed E-state index contributed by atoms with van der Waals surface area (Å²) in [6, 6.07) is 20.4. The lowest BCUT2D eigenvalue weighted by Gasteiger charge is -2.14. The fraction of sp³-hybridized carbons (Fsp3) is 0.290. The maximum atomic E-state index is 13.6. The number of hydrogen-bond acceptors (Lipinski definition) is 6. The van der Waals surface area contributed by atoms with Gasteiger partial charge in [-0.2, -0.15) is 0 Å². The molecule has 1 saturated heterocycles. The fourth-order valence-electron chi connectivity index (χ4n) is 4.81. The lowest BCUT2D eigenvalue weighted by molar-refractivity contribution is 0.0857. The van der Waals surface area contributed by atoms with Gasteiger partial charge in [0.25, 0.3) is 11.5 Å². The Morgan fingerprint density at radius 1 is 1.08 bits per heavy atom. The zero-order valence-corrected chi connectivity index (χ0v) is 22.9. The van der Waals surface area contributed by atoms with Crippen LogP contribution in [0.2, 0.25) is 0 Å². The molecule has 7 nitrogen and oxygen atoms in total. The van der Waals surface area contributed by atoms with Crippen LogP contribution in [0.4, 0.5) is 0 Å². The van der Waals surface area contributed by atoms with Gasteiger partial charge in [-0.3, -0.25) is 19.0 Å². The molecule has 5 rings (SSSR count). The number of carbonyl (C=O) groups is 2. The van der Waals surface area contributed by atoms with Crippen LogP contribution in [-0.4, -0.2) is 46.2 Å². The Kier molecular flexibility index (Phi) is 8.24. The van der Waals surface area contributed by atoms with Gasteiger partial charge in [-0.15, -0.1) is 0 Å². The number of aromatic nitrogens is 2. The first-order valence-corrected chi connectivity index (χ1v) is 14.1. The zero-order valence-electron chi connectivity index (χ0n) is 22.1. The Balaban J connectivity index is 1.45. The largest absolute Gasteiger partial charge is 0.376 e. The number of thioether (sulfide) groups is 1. The first-order valence-electron chi connectivity index (χ1n) is 13.1. The Hall–Kier alpha value is -3.75. The molecule has 1 fully saturated rings. The van der Waals surface area contributed by atoms with E-state index in [0.29, 0.717) is 40.3 Å². The predicted octanol–water partition coefficient (Wildman–Crippen LogP) is 4.95. The van der Waals surface area contributed by atoms with Crippen LogP contribution in [-0.2, 0) is 11.3 Å². The van der Waals surface area contributed by atoms with Gasteiger partial charge in [0.15, 0.2) is 10.9 Å². The number of aryl methyl sites for hydroxylation is 2. The first kappa shape index (κ1) is 26.8. The highest BCUT2D eigenvalue weighted by atomic mass is 32.2. The average molecular weight is 542 g/mol. The molecule has 0 radical (unpaired) electrons. The molecular formula is C31H31N3O4S. The number of ketones is 1. The molecule has 0 bridgehead atoms. The van der Waals surface area contributed by atoms with Crippen molar-refractivity contribution in [2.45, 2.75) is 44.5 Å². The highest BCUT2D eigenvalue weighted by Crippen LogP contribution is 2.22. The van der Waals surface area contributed by atoms with E-state index in [1.165, 1.54) is 11.8 Å². The van der Waals surface area contributed by atoms with E-state index in [1.807, 2.05) is 62.4 Å². The van der Waals surface area contributed by atoms with Gasteiger partial charge in [0.05, 0.1) is 29.3 Å². The number of fused-ring (bicyclic) bond motifs is 1. The number of nitrogens with zero attached hydrogens (tertiary/aromatic N) is 2. The number of benzene rings is 3. The Bertz CT molecular complexity index is 1580. The molecule has 2 heterocycles. The fourth-order valence-corrected chi connectivity index (χ4v) is 5.69. The molecule has 1 aromatic heterocycles. The van der Waals surface area contributed by atoms with Crippen molar-refractivity contribution in [2.24, 2.45) is 0 Å². The van der Waals surface area contributed by atoms with Crippen LogP contribution in [0.1, 0.15) is 50.2 Å². The summed E-state index contributed by atoms with van der Waals surface area (Å²) in [4.78, 5) is 44.3. The Labute approximate surface area is 231 Å². The standard InChI is InChI=1S/C31H31N3O4S/c1-20-10-12-25(21(2)15-20)28(35)19-39-31-33-27-16-23(29(36)32-17-24-9-6-14-38-24)11-13-26(27)30(37)34(31)18-22-7-4-3-5-8-22/h3-5,7-8,10-13,15-16,24H,6,9,14,17-19H2,1-2H3,(H,32,36)/t24-/m0/s1. The van der Waals surface area contributed by atoms with Crippen LogP contribution in [0.25, 0.3) is 10.9 Å². The average Bonchev–Trinajstić information content (AvgIpc) is 3.46. The minimum absolute atomic E-state index is 0.0274. The second-order valence-electron chi connectivity index (χ2n) is 9.88. The molecule has 4 aromatic rings.